The predicted molar refractivity (Wildman–Crippen MR) is 74.4 cm³/mol. The van der Waals surface area contributed by atoms with Crippen LogP contribution in [0.4, 0.5) is 0 Å². The minimum absolute atomic E-state index is 0.0134. The number of aromatic nitrogens is 4. The van der Waals surface area contributed by atoms with Gasteiger partial charge in [-0.3, -0.25) is 9.89 Å². The van der Waals surface area contributed by atoms with Crippen molar-refractivity contribution in [1.82, 2.24) is 24.6 Å². The van der Waals surface area contributed by atoms with Gasteiger partial charge in [0.15, 0.2) is 0 Å². The number of amides is 1. The van der Waals surface area contributed by atoms with Gasteiger partial charge in [-0.05, 0) is 25.3 Å². The van der Waals surface area contributed by atoms with Crippen molar-refractivity contribution in [2.75, 3.05) is 6.54 Å². The molecule has 6 nitrogen and oxygen atoms in total. The van der Waals surface area contributed by atoms with Crippen molar-refractivity contribution >= 4 is 17.5 Å². The van der Waals surface area contributed by atoms with Crippen molar-refractivity contribution < 1.29 is 4.79 Å². The monoisotopic (exact) mass is 293 g/mol. The van der Waals surface area contributed by atoms with Crippen molar-refractivity contribution in [3.05, 3.63) is 35.1 Å². The molecular formula is C13H16ClN5O. The van der Waals surface area contributed by atoms with Gasteiger partial charge in [-0.1, -0.05) is 11.6 Å². The molecule has 1 aliphatic rings. The van der Waals surface area contributed by atoms with Gasteiger partial charge in [0.25, 0.3) is 5.91 Å². The highest BCUT2D eigenvalue weighted by atomic mass is 35.5. The Morgan fingerprint density at radius 1 is 1.50 bits per heavy atom. The SMILES string of the molecule is Cn1cc(Cl)cc1C(=O)N1CCCC[C@@H]1c1ncn[nH]1. The smallest absolute Gasteiger partial charge is 0.271 e. The Morgan fingerprint density at radius 2 is 2.35 bits per heavy atom. The first-order valence-corrected chi connectivity index (χ1v) is 7.02. The zero-order chi connectivity index (χ0) is 14.1. The molecule has 0 spiro atoms. The lowest BCUT2D eigenvalue weighted by Gasteiger charge is -2.34. The summed E-state index contributed by atoms with van der Waals surface area (Å²) >= 11 is 5.96. The first kappa shape index (κ1) is 13.2. The maximum atomic E-state index is 12.7. The fourth-order valence-corrected chi connectivity index (χ4v) is 2.97. The maximum absolute atomic E-state index is 12.7. The van der Waals surface area contributed by atoms with E-state index in [1.54, 1.807) is 16.8 Å². The Kier molecular flexibility index (Phi) is 3.48. The minimum Gasteiger partial charge on any atom is -0.345 e. The molecule has 1 amide bonds. The van der Waals surface area contributed by atoms with Gasteiger partial charge in [0.05, 0.1) is 11.1 Å². The van der Waals surface area contributed by atoms with Crippen LogP contribution in [-0.4, -0.2) is 37.1 Å². The number of nitrogens with one attached hydrogen (secondary N) is 1. The standard InChI is InChI=1S/C13H16ClN5O/c1-18-7-9(14)6-11(18)13(20)19-5-3-2-4-10(19)12-15-8-16-17-12/h6-8,10H,2-5H2,1H3,(H,15,16,17)/t10-/m1/s1. The molecule has 0 aliphatic carbocycles. The van der Waals surface area contributed by atoms with E-state index in [0.717, 1.165) is 31.6 Å². The highest BCUT2D eigenvalue weighted by molar-refractivity contribution is 6.31. The molecule has 1 aliphatic heterocycles. The van der Waals surface area contributed by atoms with E-state index in [1.165, 1.54) is 6.33 Å². The lowest BCUT2D eigenvalue weighted by Crippen LogP contribution is -2.39. The summed E-state index contributed by atoms with van der Waals surface area (Å²) in [6.07, 6.45) is 6.21. The van der Waals surface area contributed by atoms with E-state index in [0.29, 0.717) is 10.7 Å². The third kappa shape index (κ3) is 2.31. The Morgan fingerprint density at radius 3 is 3.00 bits per heavy atom. The molecule has 20 heavy (non-hydrogen) atoms. The molecule has 2 aromatic heterocycles. The van der Waals surface area contributed by atoms with E-state index < -0.39 is 0 Å². The topological polar surface area (TPSA) is 66.8 Å². The Balaban J connectivity index is 1.90. The summed E-state index contributed by atoms with van der Waals surface area (Å²) in [5, 5.41) is 7.33. The molecule has 1 atom stereocenters. The zero-order valence-electron chi connectivity index (χ0n) is 11.2. The van der Waals surface area contributed by atoms with Crippen LogP contribution in [0.15, 0.2) is 18.6 Å². The molecule has 0 aromatic carbocycles. The molecule has 2 aromatic rings. The van der Waals surface area contributed by atoms with Gasteiger partial charge < -0.3 is 9.47 Å². The summed E-state index contributed by atoms with van der Waals surface area (Å²) in [7, 11) is 1.83. The summed E-state index contributed by atoms with van der Waals surface area (Å²) in [4.78, 5) is 18.8. The predicted octanol–water partition coefficient (Wildman–Crippen LogP) is 2.16. The van der Waals surface area contributed by atoms with Crippen LogP contribution in [0.2, 0.25) is 5.02 Å². The van der Waals surface area contributed by atoms with Gasteiger partial charge in [-0.25, -0.2) is 4.98 Å². The maximum Gasteiger partial charge on any atom is 0.271 e. The Labute approximate surface area is 121 Å². The molecule has 0 radical (unpaired) electrons. The Hall–Kier alpha value is -1.82. The largest absolute Gasteiger partial charge is 0.345 e. The number of carbonyl (C=O) groups is 1. The van der Waals surface area contributed by atoms with Crippen LogP contribution in [0.1, 0.15) is 41.6 Å². The summed E-state index contributed by atoms with van der Waals surface area (Å²) in [6, 6.07) is 1.67. The van der Waals surface area contributed by atoms with Gasteiger partial charge in [-0.2, -0.15) is 5.10 Å². The summed E-state index contributed by atoms with van der Waals surface area (Å²) in [6.45, 7) is 0.729. The first-order valence-electron chi connectivity index (χ1n) is 6.65. The molecule has 1 fully saturated rings. The highest BCUT2D eigenvalue weighted by Gasteiger charge is 2.31. The van der Waals surface area contributed by atoms with Crippen LogP contribution in [0.25, 0.3) is 0 Å². The van der Waals surface area contributed by atoms with E-state index in [1.807, 2.05) is 11.9 Å². The molecule has 0 unspecified atom stereocenters. The zero-order valence-corrected chi connectivity index (χ0v) is 12.0. The quantitative estimate of drug-likeness (QED) is 0.923. The second-order valence-corrected chi connectivity index (χ2v) is 5.47. The van der Waals surface area contributed by atoms with Gasteiger partial charge in [0, 0.05) is 19.8 Å². The number of H-pyrrole nitrogens is 1. The van der Waals surface area contributed by atoms with Crippen molar-refractivity contribution in [1.29, 1.82) is 0 Å². The number of rotatable bonds is 2. The van der Waals surface area contributed by atoms with Crippen molar-refractivity contribution in [2.45, 2.75) is 25.3 Å². The van der Waals surface area contributed by atoms with Crippen LogP contribution in [-0.2, 0) is 7.05 Å². The molecule has 7 heteroatoms. The number of carbonyl (C=O) groups excluding carboxylic acids is 1. The molecule has 0 bridgehead atoms. The van der Waals surface area contributed by atoms with Crippen LogP contribution < -0.4 is 0 Å². The number of nitrogens with zero attached hydrogens (tertiary/aromatic N) is 4. The molecule has 3 rings (SSSR count). The third-order valence-electron chi connectivity index (χ3n) is 3.70. The highest BCUT2D eigenvalue weighted by Crippen LogP contribution is 2.30. The van der Waals surface area contributed by atoms with Gasteiger partial charge in [0.1, 0.15) is 17.8 Å². The second kappa shape index (κ2) is 5.28. The minimum atomic E-state index is -0.0348. The molecule has 0 saturated carbocycles. The summed E-state index contributed by atoms with van der Waals surface area (Å²) in [5.41, 5.74) is 0.599. The molecule has 3 heterocycles. The Bertz CT molecular complexity index is 606. The molecule has 1 N–H and O–H groups in total. The van der Waals surface area contributed by atoms with Crippen LogP contribution >= 0.6 is 11.6 Å². The van der Waals surface area contributed by atoms with E-state index in [2.05, 4.69) is 15.2 Å². The fourth-order valence-electron chi connectivity index (χ4n) is 2.72. The normalized spacial score (nSPS) is 19.3. The van der Waals surface area contributed by atoms with Gasteiger partial charge in [-0.15, -0.1) is 0 Å². The van der Waals surface area contributed by atoms with Crippen LogP contribution in [0, 0.1) is 0 Å². The average molecular weight is 294 g/mol. The van der Waals surface area contributed by atoms with Gasteiger partial charge >= 0.3 is 0 Å². The number of hydrogen-bond acceptors (Lipinski definition) is 3. The molecule has 106 valence electrons. The average Bonchev–Trinajstić information content (AvgIpc) is 3.07. The lowest BCUT2D eigenvalue weighted by atomic mass is 10.0. The van der Waals surface area contributed by atoms with Crippen LogP contribution in [0.5, 0.6) is 0 Å². The number of piperidine rings is 1. The number of halogens is 1. The molecule has 1 saturated heterocycles. The number of aryl methyl sites for hydroxylation is 1. The van der Waals surface area contributed by atoms with E-state index >= 15 is 0 Å². The number of hydrogen-bond donors (Lipinski definition) is 1. The van der Waals surface area contributed by atoms with Crippen molar-refractivity contribution in [3.63, 3.8) is 0 Å². The lowest BCUT2D eigenvalue weighted by molar-refractivity contribution is 0.0590. The number of aromatic amines is 1. The van der Waals surface area contributed by atoms with Gasteiger partial charge in [0.2, 0.25) is 0 Å². The first-order chi connectivity index (χ1) is 9.66. The van der Waals surface area contributed by atoms with Crippen molar-refractivity contribution in [2.24, 2.45) is 7.05 Å². The third-order valence-corrected chi connectivity index (χ3v) is 3.91. The van der Waals surface area contributed by atoms with E-state index in [4.69, 9.17) is 11.6 Å². The second-order valence-electron chi connectivity index (χ2n) is 5.04. The van der Waals surface area contributed by atoms with E-state index in [-0.39, 0.29) is 11.9 Å². The van der Waals surface area contributed by atoms with Crippen LogP contribution in [0.3, 0.4) is 0 Å². The van der Waals surface area contributed by atoms with E-state index in [9.17, 15) is 4.79 Å². The number of likely N-dealkylation sites (tertiary alicyclic amines) is 1. The summed E-state index contributed by atoms with van der Waals surface area (Å²) < 4.78 is 1.76. The fraction of sp³-hybridized carbons (Fsp3) is 0.462. The summed E-state index contributed by atoms with van der Waals surface area (Å²) in [5.74, 6) is 0.735. The van der Waals surface area contributed by atoms with Crippen molar-refractivity contribution in [3.8, 4) is 0 Å². The molecular weight excluding hydrogens is 278 g/mol.